The van der Waals surface area contributed by atoms with E-state index in [0.29, 0.717) is 23.2 Å². The largest absolute Gasteiger partial charge is 0.497 e. The first-order valence-corrected chi connectivity index (χ1v) is 13.7. The first-order valence-electron chi connectivity index (χ1n) is 13.7. The molecule has 1 fully saturated rings. The summed E-state index contributed by atoms with van der Waals surface area (Å²) in [6, 6.07) is 18.3. The average Bonchev–Trinajstić information content (AvgIpc) is 2.97. The number of methoxy groups -OCH3 is 1. The third-order valence-electron chi connectivity index (χ3n) is 7.35. The number of anilines is 2. The molecule has 40 heavy (non-hydrogen) atoms. The van der Waals surface area contributed by atoms with Crippen LogP contribution in [0.4, 0.5) is 11.8 Å². The fraction of sp³-hybridized carbons (Fsp3) is 0.387. The maximum atomic E-state index is 13.4. The predicted octanol–water partition coefficient (Wildman–Crippen LogP) is 4.23. The fourth-order valence-corrected chi connectivity index (χ4v) is 5.31. The van der Waals surface area contributed by atoms with Crippen LogP contribution in [0.3, 0.4) is 0 Å². The number of nitrogens with zero attached hydrogens (tertiary/aromatic N) is 5. The van der Waals surface area contributed by atoms with Gasteiger partial charge in [0.05, 0.1) is 30.8 Å². The lowest BCUT2D eigenvalue weighted by molar-refractivity contribution is -0.139. The molecule has 2 aromatic carbocycles. The quantitative estimate of drug-likeness (QED) is 0.388. The molecule has 0 bridgehead atoms. The van der Waals surface area contributed by atoms with Crippen LogP contribution in [-0.2, 0) is 16.1 Å². The molecule has 9 nitrogen and oxygen atoms in total. The lowest BCUT2D eigenvalue weighted by atomic mass is 9.83. The number of rotatable bonds is 8. The van der Waals surface area contributed by atoms with Crippen molar-refractivity contribution in [3.8, 4) is 11.6 Å². The maximum Gasteiger partial charge on any atom is 0.338 e. The van der Waals surface area contributed by atoms with E-state index < -0.39 is 11.9 Å². The zero-order valence-electron chi connectivity index (χ0n) is 23.9. The second-order valence-electron chi connectivity index (χ2n) is 10.2. The highest BCUT2D eigenvalue weighted by molar-refractivity contribution is 5.93. The van der Waals surface area contributed by atoms with Gasteiger partial charge in [-0.15, -0.1) is 0 Å². The van der Waals surface area contributed by atoms with E-state index in [4.69, 9.17) is 24.2 Å². The summed E-state index contributed by atoms with van der Waals surface area (Å²) in [6.07, 6.45) is 0. The van der Waals surface area contributed by atoms with E-state index in [1.54, 1.807) is 21.0 Å². The molecule has 0 radical (unpaired) electrons. The fourth-order valence-electron chi connectivity index (χ4n) is 5.31. The van der Waals surface area contributed by atoms with Crippen LogP contribution in [0.25, 0.3) is 0 Å². The van der Waals surface area contributed by atoms with Gasteiger partial charge in [-0.05, 0) is 37.1 Å². The van der Waals surface area contributed by atoms with E-state index in [0.717, 1.165) is 55.4 Å². The minimum Gasteiger partial charge on any atom is -0.497 e. The van der Waals surface area contributed by atoms with Crippen LogP contribution in [0.15, 0.2) is 65.9 Å². The van der Waals surface area contributed by atoms with Crippen molar-refractivity contribution in [1.29, 1.82) is 0 Å². The van der Waals surface area contributed by atoms with E-state index >= 15 is 0 Å². The van der Waals surface area contributed by atoms with Crippen molar-refractivity contribution in [2.75, 3.05) is 63.8 Å². The molecule has 0 N–H and O–H groups in total. The van der Waals surface area contributed by atoms with E-state index in [1.807, 2.05) is 49.3 Å². The third kappa shape index (κ3) is 5.60. The lowest BCUT2D eigenvalue weighted by Crippen LogP contribution is -2.47. The minimum atomic E-state index is -0.456. The number of esters is 1. The van der Waals surface area contributed by atoms with Crippen LogP contribution in [0.5, 0.6) is 11.6 Å². The summed E-state index contributed by atoms with van der Waals surface area (Å²) in [6.45, 7) is 8.13. The van der Waals surface area contributed by atoms with Gasteiger partial charge in [0.2, 0.25) is 11.8 Å². The molecule has 0 amide bonds. The molecule has 1 unspecified atom stereocenters. The monoisotopic (exact) mass is 543 g/mol. The Morgan fingerprint density at radius 1 is 1.02 bits per heavy atom. The summed E-state index contributed by atoms with van der Waals surface area (Å²) < 4.78 is 17.2. The molecule has 1 atom stereocenters. The topological polar surface area (TPSA) is 80.3 Å². The Balaban J connectivity index is 1.56. The van der Waals surface area contributed by atoms with Gasteiger partial charge in [-0.1, -0.05) is 42.5 Å². The Morgan fingerprint density at radius 2 is 1.73 bits per heavy atom. The summed E-state index contributed by atoms with van der Waals surface area (Å²) in [5.41, 5.74) is 3.46. The third-order valence-corrected chi connectivity index (χ3v) is 7.35. The first kappa shape index (κ1) is 27.5. The highest BCUT2D eigenvalue weighted by atomic mass is 16.5. The number of carbonyl (C=O) groups is 1. The second-order valence-corrected chi connectivity index (χ2v) is 10.2. The van der Waals surface area contributed by atoms with Gasteiger partial charge >= 0.3 is 5.97 Å². The van der Waals surface area contributed by atoms with Crippen molar-refractivity contribution in [3.05, 3.63) is 82.6 Å². The maximum absolute atomic E-state index is 13.4. The van der Waals surface area contributed by atoms with Gasteiger partial charge in [-0.25, -0.2) is 4.79 Å². The number of benzene rings is 2. The molecule has 0 saturated carbocycles. The number of fused-ring (bicyclic) bond motifs is 1. The van der Waals surface area contributed by atoms with Crippen LogP contribution in [0.1, 0.15) is 36.5 Å². The summed E-state index contributed by atoms with van der Waals surface area (Å²) >= 11 is 0. The van der Waals surface area contributed by atoms with E-state index in [9.17, 15) is 4.79 Å². The summed E-state index contributed by atoms with van der Waals surface area (Å²) in [4.78, 5) is 29.8. The standard InChI is InChI=1S/C31H37N5O4/c1-6-39-30(37)25-21(2)40-29-27(26(25)23-12-14-24(38-5)15-13-23)28(32-31(33-29)34(3)4)36-18-16-35(17-19-36)20-22-10-8-7-9-11-22/h7-15,26H,6,16-20H2,1-5H3. The van der Waals surface area contributed by atoms with Crippen molar-refractivity contribution in [3.63, 3.8) is 0 Å². The molecule has 2 aliphatic heterocycles. The first-order chi connectivity index (χ1) is 19.4. The van der Waals surface area contributed by atoms with Crippen LogP contribution >= 0.6 is 0 Å². The SMILES string of the molecule is CCOC(=O)C1=C(C)Oc2nc(N(C)C)nc(N3CCN(Cc4ccccc4)CC3)c2C1c1ccc(OC)cc1. The van der Waals surface area contributed by atoms with E-state index in [-0.39, 0.29) is 6.61 Å². The predicted molar refractivity (Wildman–Crippen MR) is 155 cm³/mol. The smallest absolute Gasteiger partial charge is 0.338 e. The molecular formula is C31H37N5O4. The molecule has 0 spiro atoms. The Hall–Kier alpha value is -4.11. The van der Waals surface area contributed by atoms with Gasteiger partial charge in [0, 0.05) is 46.8 Å². The number of allylic oxidation sites excluding steroid dienone is 1. The molecule has 1 saturated heterocycles. The Morgan fingerprint density at radius 3 is 2.35 bits per heavy atom. The highest BCUT2D eigenvalue weighted by Gasteiger charge is 2.40. The average molecular weight is 544 g/mol. The van der Waals surface area contributed by atoms with Crippen molar-refractivity contribution < 1.29 is 19.0 Å². The lowest BCUT2D eigenvalue weighted by Gasteiger charge is -2.38. The number of piperazine rings is 1. The van der Waals surface area contributed by atoms with Crippen molar-refractivity contribution in [1.82, 2.24) is 14.9 Å². The van der Waals surface area contributed by atoms with Gasteiger partial charge in [-0.3, -0.25) is 4.90 Å². The molecule has 3 aromatic rings. The Kier molecular flexibility index (Phi) is 8.21. The van der Waals surface area contributed by atoms with Crippen LogP contribution in [0.2, 0.25) is 0 Å². The van der Waals surface area contributed by atoms with Crippen LogP contribution in [0, 0.1) is 0 Å². The Bertz CT molecular complexity index is 1370. The van der Waals surface area contributed by atoms with Crippen molar-refractivity contribution >= 4 is 17.7 Å². The molecule has 5 rings (SSSR count). The normalized spacial score (nSPS) is 17.2. The Labute approximate surface area is 236 Å². The van der Waals surface area contributed by atoms with Gasteiger partial charge < -0.3 is 24.0 Å². The molecule has 2 aliphatic rings. The van der Waals surface area contributed by atoms with Gasteiger partial charge in [-0.2, -0.15) is 9.97 Å². The van der Waals surface area contributed by atoms with Gasteiger partial charge in [0.15, 0.2) is 0 Å². The number of ether oxygens (including phenoxy) is 3. The van der Waals surface area contributed by atoms with E-state index in [1.165, 1.54) is 5.56 Å². The number of hydrogen-bond acceptors (Lipinski definition) is 9. The summed E-state index contributed by atoms with van der Waals surface area (Å²) in [5, 5.41) is 0. The zero-order valence-corrected chi connectivity index (χ0v) is 23.9. The minimum absolute atomic E-state index is 0.268. The van der Waals surface area contributed by atoms with Gasteiger partial charge in [0.25, 0.3) is 0 Å². The molecule has 0 aliphatic carbocycles. The highest BCUT2D eigenvalue weighted by Crippen LogP contribution is 2.47. The number of carbonyl (C=O) groups excluding carboxylic acids is 1. The molecule has 9 heteroatoms. The van der Waals surface area contributed by atoms with Crippen molar-refractivity contribution in [2.24, 2.45) is 0 Å². The number of aromatic nitrogens is 2. The second kappa shape index (κ2) is 12.0. The zero-order chi connectivity index (χ0) is 28.2. The van der Waals surface area contributed by atoms with Gasteiger partial charge in [0.1, 0.15) is 17.3 Å². The van der Waals surface area contributed by atoms with Crippen LogP contribution < -0.4 is 19.3 Å². The molecular weight excluding hydrogens is 506 g/mol. The van der Waals surface area contributed by atoms with Crippen molar-refractivity contribution in [2.45, 2.75) is 26.3 Å². The van der Waals surface area contributed by atoms with Crippen LogP contribution in [-0.4, -0.2) is 74.8 Å². The molecule has 3 heterocycles. The molecule has 210 valence electrons. The van der Waals surface area contributed by atoms with E-state index in [2.05, 4.69) is 34.1 Å². The number of hydrogen-bond donors (Lipinski definition) is 0. The molecule has 1 aromatic heterocycles. The summed E-state index contributed by atoms with van der Waals surface area (Å²) in [5.74, 6) is 2.16. The summed E-state index contributed by atoms with van der Waals surface area (Å²) in [7, 11) is 5.47.